The second-order valence-corrected chi connectivity index (χ2v) is 8.57. The summed E-state index contributed by atoms with van der Waals surface area (Å²) in [6.07, 6.45) is 2.39. The molecule has 0 aromatic heterocycles. The van der Waals surface area contributed by atoms with Crippen molar-refractivity contribution in [1.82, 2.24) is 0 Å². The standard InChI is InChI=1S/C24H24O/c1-23(2)18-13-14-24(23,3)21-17-12-8-7-11-16(17)19(22(25)20(18)21)15-9-5-4-6-10-15/h4-12,18,25H,13-14H2,1-3H3/t18-,24-/m1/s1. The van der Waals surface area contributed by atoms with Gasteiger partial charge >= 0.3 is 0 Å². The molecular formula is C24H24O. The molecule has 2 bridgehead atoms. The summed E-state index contributed by atoms with van der Waals surface area (Å²) in [5.74, 6) is 0.959. The number of hydrogen-bond acceptors (Lipinski definition) is 1. The van der Waals surface area contributed by atoms with E-state index in [-0.39, 0.29) is 10.8 Å². The highest BCUT2D eigenvalue weighted by Crippen LogP contribution is 2.71. The van der Waals surface area contributed by atoms with Gasteiger partial charge in [0.1, 0.15) is 5.75 Å². The van der Waals surface area contributed by atoms with Crippen molar-refractivity contribution in [3.05, 3.63) is 65.7 Å². The van der Waals surface area contributed by atoms with Crippen molar-refractivity contribution in [2.75, 3.05) is 0 Å². The molecule has 0 amide bonds. The van der Waals surface area contributed by atoms with Crippen LogP contribution >= 0.6 is 0 Å². The summed E-state index contributed by atoms with van der Waals surface area (Å²) >= 11 is 0. The minimum atomic E-state index is 0.138. The first-order valence-electron chi connectivity index (χ1n) is 9.30. The van der Waals surface area contributed by atoms with E-state index in [9.17, 15) is 5.11 Å². The third-order valence-corrected chi connectivity index (χ3v) is 7.42. The predicted molar refractivity (Wildman–Crippen MR) is 104 cm³/mol. The van der Waals surface area contributed by atoms with Crippen molar-refractivity contribution >= 4 is 10.8 Å². The monoisotopic (exact) mass is 328 g/mol. The Morgan fingerprint density at radius 1 is 0.880 bits per heavy atom. The lowest BCUT2D eigenvalue weighted by Gasteiger charge is -2.36. The molecule has 0 spiro atoms. The third kappa shape index (κ3) is 1.64. The highest BCUT2D eigenvalue weighted by Gasteiger charge is 2.61. The number of hydrogen-bond donors (Lipinski definition) is 1. The highest BCUT2D eigenvalue weighted by molar-refractivity contribution is 6.04. The fourth-order valence-electron chi connectivity index (χ4n) is 5.73. The molecule has 0 aliphatic heterocycles. The summed E-state index contributed by atoms with van der Waals surface area (Å²) in [5, 5.41) is 13.9. The van der Waals surface area contributed by atoms with Crippen LogP contribution in [0.4, 0.5) is 0 Å². The van der Waals surface area contributed by atoms with Crippen LogP contribution in [0.1, 0.15) is 50.7 Å². The number of benzene rings is 3. The smallest absolute Gasteiger partial charge is 0.127 e. The van der Waals surface area contributed by atoms with Gasteiger partial charge < -0.3 is 5.11 Å². The van der Waals surface area contributed by atoms with E-state index in [0.717, 1.165) is 11.1 Å². The molecule has 5 rings (SSSR count). The molecule has 0 heterocycles. The second-order valence-electron chi connectivity index (χ2n) is 8.57. The molecule has 1 nitrogen and oxygen atoms in total. The number of phenolic OH excluding ortho intramolecular Hbond substituents is 1. The largest absolute Gasteiger partial charge is 0.507 e. The molecule has 1 fully saturated rings. The van der Waals surface area contributed by atoms with Gasteiger partial charge in [-0.25, -0.2) is 0 Å². The Labute approximate surface area is 149 Å². The maximum Gasteiger partial charge on any atom is 0.127 e. The fraction of sp³-hybridized carbons (Fsp3) is 0.333. The van der Waals surface area contributed by atoms with Gasteiger partial charge in [-0.1, -0.05) is 75.4 Å². The minimum absolute atomic E-state index is 0.138. The van der Waals surface area contributed by atoms with Crippen LogP contribution in [0.3, 0.4) is 0 Å². The molecule has 126 valence electrons. The average Bonchev–Trinajstić information content (AvgIpc) is 2.95. The van der Waals surface area contributed by atoms with Crippen LogP contribution in [0.2, 0.25) is 0 Å². The van der Waals surface area contributed by atoms with Gasteiger partial charge in [0.25, 0.3) is 0 Å². The zero-order valence-electron chi connectivity index (χ0n) is 15.1. The first kappa shape index (κ1) is 15.0. The molecule has 0 saturated heterocycles. The topological polar surface area (TPSA) is 20.2 Å². The maximum atomic E-state index is 11.4. The highest BCUT2D eigenvalue weighted by atomic mass is 16.3. The summed E-state index contributed by atoms with van der Waals surface area (Å²) in [7, 11) is 0. The van der Waals surface area contributed by atoms with E-state index >= 15 is 0 Å². The van der Waals surface area contributed by atoms with E-state index in [1.807, 2.05) is 18.2 Å². The fourth-order valence-corrected chi connectivity index (χ4v) is 5.73. The SMILES string of the molecule is CC1(C)[C@@H]2CC[C@]1(C)c1c2c(O)c(-c2ccccc2)c2ccccc12. The molecule has 2 atom stereocenters. The molecule has 3 aromatic rings. The third-order valence-electron chi connectivity index (χ3n) is 7.42. The minimum Gasteiger partial charge on any atom is -0.507 e. The summed E-state index contributed by atoms with van der Waals surface area (Å²) < 4.78 is 0. The van der Waals surface area contributed by atoms with Crippen LogP contribution in [0.5, 0.6) is 5.75 Å². The van der Waals surface area contributed by atoms with E-state index in [1.165, 1.54) is 34.7 Å². The molecule has 1 N–H and O–H groups in total. The predicted octanol–water partition coefficient (Wildman–Crippen LogP) is 6.39. The van der Waals surface area contributed by atoms with Gasteiger partial charge in [-0.15, -0.1) is 0 Å². The van der Waals surface area contributed by atoms with Crippen molar-refractivity contribution in [3.63, 3.8) is 0 Å². The number of aromatic hydroxyl groups is 1. The van der Waals surface area contributed by atoms with Crippen molar-refractivity contribution < 1.29 is 5.11 Å². The Bertz CT molecular complexity index is 1000. The van der Waals surface area contributed by atoms with E-state index in [0.29, 0.717) is 11.7 Å². The first-order chi connectivity index (χ1) is 12.0. The van der Waals surface area contributed by atoms with Gasteiger partial charge in [-0.3, -0.25) is 0 Å². The van der Waals surface area contributed by atoms with Gasteiger partial charge in [0.15, 0.2) is 0 Å². The Morgan fingerprint density at radius 2 is 1.52 bits per heavy atom. The summed E-state index contributed by atoms with van der Waals surface area (Å²) in [6.45, 7) is 7.19. The van der Waals surface area contributed by atoms with E-state index in [2.05, 4.69) is 57.2 Å². The average molecular weight is 328 g/mol. The van der Waals surface area contributed by atoms with Crippen LogP contribution in [0.15, 0.2) is 54.6 Å². The van der Waals surface area contributed by atoms with E-state index in [4.69, 9.17) is 0 Å². The lowest BCUT2D eigenvalue weighted by atomic mass is 9.68. The molecule has 2 aliphatic rings. The van der Waals surface area contributed by atoms with Gasteiger partial charge in [0.05, 0.1) is 0 Å². The van der Waals surface area contributed by atoms with Crippen LogP contribution in [-0.2, 0) is 5.41 Å². The van der Waals surface area contributed by atoms with Gasteiger partial charge in [0, 0.05) is 11.1 Å². The molecular weight excluding hydrogens is 304 g/mol. The quantitative estimate of drug-likeness (QED) is 0.549. The van der Waals surface area contributed by atoms with E-state index < -0.39 is 0 Å². The molecule has 25 heavy (non-hydrogen) atoms. The van der Waals surface area contributed by atoms with E-state index in [1.54, 1.807) is 0 Å². The molecule has 1 saturated carbocycles. The number of rotatable bonds is 1. The van der Waals surface area contributed by atoms with Gasteiger partial charge in [-0.2, -0.15) is 0 Å². The van der Waals surface area contributed by atoms with Crippen LogP contribution < -0.4 is 0 Å². The maximum absolute atomic E-state index is 11.4. The van der Waals surface area contributed by atoms with Crippen molar-refractivity contribution in [2.24, 2.45) is 5.41 Å². The summed E-state index contributed by atoms with van der Waals surface area (Å²) in [6, 6.07) is 19.0. The van der Waals surface area contributed by atoms with Crippen LogP contribution in [0.25, 0.3) is 21.9 Å². The molecule has 2 aliphatic carbocycles. The molecule has 0 unspecified atom stereocenters. The zero-order chi connectivity index (χ0) is 17.4. The second kappa shape index (κ2) is 4.66. The molecule has 3 aromatic carbocycles. The lowest BCUT2D eigenvalue weighted by molar-refractivity contribution is 0.231. The Hall–Kier alpha value is -2.28. The van der Waals surface area contributed by atoms with Gasteiger partial charge in [0.2, 0.25) is 0 Å². The van der Waals surface area contributed by atoms with Gasteiger partial charge in [-0.05, 0) is 51.5 Å². The Kier molecular flexibility index (Phi) is 2.80. The normalized spacial score (nSPS) is 26.1. The van der Waals surface area contributed by atoms with Crippen molar-refractivity contribution in [1.29, 1.82) is 0 Å². The molecule has 1 heteroatoms. The molecule has 0 radical (unpaired) electrons. The summed E-state index contributed by atoms with van der Waals surface area (Å²) in [4.78, 5) is 0. The first-order valence-corrected chi connectivity index (χ1v) is 9.30. The number of fused-ring (bicyclic) bond motifs is 7. The Morgan fingerprint density at radius 3 is 2.24 bits per heavy atom. The number of phenols is 1. The summed E-state index contributed by atoms with van der Waals surface area (Å²) in [5.41, 5.74) is 5.05. The zero-order valence-corrected chi connectivity index (χ0v) is 15.1. The van der Waals surface area contributed by atoms with Crippen LogP contribution in [-0.4, -0.2) is 5.11 Å². The van der Waals surface area contributed by atoms with Crippen LogP contribution in [0, 0.1) is 5.41 Å². The van der Waals surface area contributed by atoms with Crippen molar-refractivity contribution in [2.45, 2.75) is 44.9 Å². The van der Waals surface area contributed by atoms with Crippen molar-refractivity contribution in [3.8, 4) is 16.9 Å². The lowest BCUT2D eigenvalue weighted by Crippen LogP contribution is -2.31. The Balaban J connectivity index is 1.97.